The molecule has 1 amide bonds. The van der Waals surface area contributed by atoms with Gasteiger partial charge in [-0.05, 0) is 18.2 Å². The summed E-state index contributed by atoms with van der Waals surface area (Å²) in [7, 11) is 1.69. The summed E-state index contributed by atoms with van der Waals surface area (Å²) in [6.07, 6.45) is 3.33. The third-order valence-electron chi connectivity index (χ3n) is 2.91. The van der Waals surface area contributed by atoms with Crippen LogP contribution < -0.4 is 4.90 Å². The predicted octanol–water partition coefficient (Wildman–Crippen LogP) is 3.62. The maximum atomic E-state index is 12.6. The predicted molar refractivity (Wildman–Crippen MR) is 81.6 cm³/mol. The molecule has 0 aliphatic rings. The molecule has 0 aliphatic carbocycles. The Bertz CT molecular complexity index is 773. The number of aromatic nitrogens is 2. The Morgan fingerprint density at radius 3 is 2.90 bits per heavy atom. The third kappa shape index (κ3) is 2.26. The van der Waals surface area contributed by atoms with E-state index in [1.807, 2.05) is 17.5 Å². The number of nitrogens with zero attached hydrogens (tertiary/aromatic N) is 3. The Labute approximate surface area is 124 Å². The summed E-state index contributed by atoms with van der Waals surface area (Å²) < 4.78 is 0. The summed E-state index contributed by atoms with van der Waals surface area (Å²) in [5.41, 5.74) is 1.12. The normalized spacial score (nSPS) is 10.7. The van der Waals surface area contributed by atoms with Gasteiger partial charge in [-0.25, -0.2) is 4.98 Å². The van der Waals surface area contributed by atoms with Gasteiger partial charge in [-0.15, -0.1) is 11.3 Å². The second-order valence-corrected chi connectivity index (χ2v) is 5.52. The van der Waals surface area contributed by atoms with Crippen LogP contribution >= 0.6 is 22.9 Å². The Kier molecular flexibility index (Phi) is 3.38. The highest BCUT2D eigenvalue weighted by atomic mass is 35.5. The Morgan fingerprint density at radius 1 is 1.30 bits per heavy atom. The van der Waals surface area contributed by atoms with Crippen LogP contribution in [0.4, 0.5) is 5.13 Å². The average Bonchev–Trinajstić information content (AvgIpc) is 2.99. The van der Waals surface area contributed by atoms with Gasteiger partial charge in [0.2, 0.25) is 0 Å². The average molecular weight is 304 g/mol. The number of thiazole rings is 1. The summed E-state index contributed by atoms with van der Waals surface area (Å²) in [6.45, 7) is 0. The van der Waals surface area contributed by atoms with Gasteiger partial charge in [0, 0.05) is 35.2 Å². The molecule has 0 saturated heterocycles. The first-order chi connectivity index (χ1) is 9.66. The molecule has 0 spiro atoms. The number of carbonyl (C=O) groups excluding carboxylic acids is 1. The molecule has 0 atom stereocenters. The zero-order valence-electron chi connectivity index (χ0n) is 10.6. The molecular weight excluding hydrogens is 294 g/mol. The number of hydrogen-bond acceptors (Lipinski definition) is 4. The van der Waals surface area contributed by atoms with Crippen LogP contribution in [-0.4, -0.2) is 22.9 Å². The number of fused-ring (bicyclic) bond motifs is 1. The largest absolute Gasteiger partial charge is 0.287 e. The van der Waals surface area contributed by atoms with E-state index < -0.39 is 0 Å². The van der Waals surface area contributed by atoms with Crippen LogP contribution in [0.25, 0.3) is 10.9 Å². The van der Waals surface area contributed by atoms with Gasteiger partial charge < -0.3 is 0 Å². The molecule has 0 aliphatic heterocycles. The molecule has 0 radical (unpaired) electrons. The second kappa shape index (κ2) is 5.19. The quantitative estimate of drug-likeness (QED) is 0.726. The Balaban J connectivity index is 2.12. The highest BCUT2D eigenvalue weighted by Gasteiger charge is 2.19. The van der Waals surface area contributed by atoms with Gasteiger partial charge in [-0.1, -0.05) is 17.7 Å². The molecule has 3 rings (SSSR count). The molecule has 0 fully saturated rings. The minimum absolute atomic E-state index is 0.175. The van der Waals surface area contributed by atoms with E-state index in [0.717, 1.165) is 5.39 Å². The minimum Gasteiger partial charge on any atom is -0.287 e. The number of benzene rings is 1. The lowest BCUT2D eigenvalue weighted by Crippen LogP contribution is -2.26. The smallest absolute Gasteiger partial charge is 0.262 e. The minimum atomic E-state index is -0.175. The lowest BCUT2D eigenvalue weighted by molar-refractivity contribution is 0.0994. The van der Waals surface area contributed by atoms with Crippen molar-refractivity contribution in [3.05, 3.63) is 52.6 Å². The van der Waals surface area contributed by atoms with Gasteiger partial charge in [-0.3, -0.25) is 14.7 Å². The zero-order chi connectivity index (χ0) is 14.1. The molecule has 1 aromatic carbocycles. The first-order valence-corrected chi connectivity index (χ1v) is 7.14. The van der Waals surface area contributed by atoms with E-state index in [4.69, 9.17) is 11.6 Å². The number of carbonyl (C=O) groups is 1. The van der Waals surface area contributed by atoms with Gasteiger partial charge >= 0.3 is 0 Å². The van der Waals surface area contributed by atoms with Crippen LogP contribution in [0.3, 0.4) is 0 Å². The summed E-state index contributed by atoms with van der Waals surface area (Å²) in [5.74, 6) is -0.175. The standard InChI is InChI=1S/C14H10ClN3OS/c1-18(14-17-5-6-20-14)13(19)11-8-10(15)7-9-3-2-4-16-12(9)11/h2-8H,1H3. The second-order valence-electron chi connectivity index (χ2n) is 4.21. The van der Waals surface area contributed by atoms with E-state index in [2.05, 4.69) is 9.97 Å². The van der Waals surface area contributed by atoms with E-state index in [1.165, 1.54) is 16.2 Å². The molecule has 0 N–H and O–H groups in total. The van der Waals surface area contributed by atoms with Gasteiger partial charge in [0.25, 0.3) is 5.91 Å². The van der Waals surface area contributed by atoms with E-state index in [-0.39, 0.29) is 5.91 Å². The van der Waals surface area contributed by atoms with Gasteiger partial charge in [0.1, 0.15) is 0 Å². The van der Waals surface area contributed by atoms with E-state index in [0.29, 0.717) is 21.2 Å². The molecule has 2 heterocycles. The SMILES string of the molecule is CN(C(=O)c1cc(Cl)cc2cccnc12)c1nccs1. The maximum Gasteiger partial charge on any atom is 0.262 e. The molecule has 4 nitrogen and oxygen atoms in total. The summed E-state index contributed by atoms with van der Waals surface area (Å²) >= 11 is 7.49. The monoisotopic (exact) mass is 303 g/mol. The molecular formula is C14H10ClN3OS. The molecule has 2 aromatic heterocycles. The highest BCUT2D eigenvalue weighted by Crippen LogP contribution is 2.25. The first-order valence-electron chi connectivity index (χ1n) is 5.88. The number of amides is 1. The van der Waals surface area contributed by atoms with Crippen molar-refractivity contribution >= 4 is 44.9 Å². The zero-order valence-corrected chi connectivity index (χ0v) is 12.1. The van der Waals surface area contributed by atoms with Crippen molar-refractivity contribution in [2.75, 3.05) is 11.9 Å². The first kappa shape index (κ1) is 13.0. The number of pyridine rings is 1. The summed E-state index contributed by atoms with van der Waals surface area (Å²) in [4.78, 5) is 22.5. The molecule has 20 heavy (non-hydrogen) atoms. The molecule has 6 heteroatoms. The molecule has 100 valence electrons. The van der Waals surface area contributed by atoms with Crippen molar-refractivity contribution < 1.29 is 4.79 Å². The number of rotatable bonds is 2. The number of hydrogen-bond donors (Lipinski definition) is 0. The summed E-state index contributed by atoms with van der Waals surface area (Å²) in [5, 5.41) is 3.82. The third-order valence-corrected chi connectivity index (χ3v) is 3.98. The molecule has 0 bridgehead atoms. The van der Waals surface area contributed by atoms with Crippen LogP contribution in [0, 0.1) is 0 Å². The fourth-order valence-corrected chi connectivity index (χ4v) is 2.80. The van der Waals surface area contributed by atoms with Crippen LogP contribution in [0.1, 0.15) is 10.4 Å². The van der Waals surface area contributed by atoms with Crippen LogP contribution in [0.5, 0.6) is 0 Å². The number of anilines is 1. The fraction of sp³-hybridized carbons (Fsp3) is 0.0714. The molecule has 0 unspecified atom stereocenters. The topological polar surface area (TPSA) is 46.1 Å². The Hall–Kier alpha value is -1.98. The van der Waals surface area contributed by atoms with Crippen molar-refractivity contribution in [2.24, 2.45) is 0 Å². The van der Waals surface area contributed by atoms with E-state index >= 15 is 0 Å². The van der Waals surface area contributed by atoms with Crippen molar-refractivity contribution in [1.29, 1.82) is 0 Å². The Morgan fingerprint density at radius 2 is 2.15 bits per heavy atom. The van der Waals surface area contributed by atoms with Crippen molar-refractivity contribution in [3.8, 4) is 0 Å². The van der Waals surface area contributed by atoms with Crippen molar-refractivity contribution in [3.63, 3.8) is 0 Å². The van der Waals surface area contributed by atoms with Crippen molar-refractivity contribution in [2.45, 2.75) is 0 Å². The van der Waals surface area contributed by atoms with Crippen molar-refractivity contribution in [1.82, 2.24) is 9.97 Å². The van der Waals surface area contributed by atoms with Crippen LogP contribution in [-0.2, 0) is 0 Å². The lowest BCUT2D eigenvalue weighted by Gasteiger charge is -2.15. The van der Waals surface area contributed by atoms with E-state index in [1.54, 1.807) is 31.6 Å². The lowest BCUT2D eigenvalue weighted by atomic mass is 10.1. The van der Waals surface area contributed by atoms with E-state index in [9.17, 15) is 4.79 Å². The van der Waals surface area contributed by atoms with Gasteiger partial charge in [0.05, 0.1) is 11.1 Å². The fourth-order valence-electron chi connectivity index (χ4n) is 1.97. The van der Waals surface area contributed by atoms with Gasteiger partial charge in [-0.2, -0.15) is 0 Å². The number of halogens is 1. The maximum absolute atomic E-state index is 12.6. The van der Waals surface area contributed by atoms with Crippen LogP contribution in [0.15, 0.2) is 42.0 Å². The summed E-state index contributed by atoms with van der Waals surface area (Å²) in [6, 6.07) is 7.14. The molecule has 3 aromatic rings. The highest BCUT2D eigenvalue weighted by molar-refractivity contribution is 7.13. The molecule has 0 saturated carbocycles. The van der Waals surface area contributed by atoms with Gasteiger partial charge in [0.15, 0.2) is 5.13 Å². The van der Waals surface area contributed by atoms with Crippen LogP contribution in [0.2, 0.25) is 5.02 Å².